The van der Waals surface area contributed by atoms with E-state index in [0.29, 0.717) is 24.5 Å². The molecule has 1 aromatic rings. The van der Waals surface area contributed by atoms with Gasteiger partial charge >= 0.3 is 5.97 Å². The summed E-state index contributed by atoms with van der Waals surface area (Å²) in [5.74, 6) is 0.907. The second kappa shape index (κ2) is 7.77. The van der Waals surface area contributed by atoms with Crippen LogP contribution < -0.4 is 0 Å². The molecule has 10 heteroatoms. The van der Waals surface area contributed by atoms with Gasteiger partial charge in [0, 0.05) is 26.1 Å². The van der Waals surface area contributed by atoms with Gasteiger partial charge in [0.1, 0.15) is 5.82 Å². The number of carbonyl (C=O) groups is 1. The highest BCUT2D eigenvalue weighted by molar-refractivity contribution is 7.91. The minimum atomic E-state index is -2.96. The van der Waals surface area contributed by atoms with Crippen LogP contribution in [0, 0.1) is 10.7 Å². The van der Waals surface area contributed by atoms with Crippen LogP contribution in [0.1, 0.15) is 37.9 Å². The Morgan fingerprint density at radius 2 is 2.00 bits per heavy atom. The second-order valence-corrected chi connectivity index (χ2v) is 9.68. The van der Waals surface area contributed by atoms with Crippen molar-refractivity contribution in [2.75, 3.05) is 31.2 Å². The second-order valence-electron chi connectivity index (χ2n) is 7.09. The standard InChI is InChI=1S/C16H26N4O4S2/c1-3-24-15(21)12-4-7-19(8-5-12)11-20-16(25)18(2)14(17-20)13-6-9-26(22,23)10-13/h12-13H,3-11H2,1-2H3/t13-/m0/s1. The Hall–Kier alpha value is -1.26. The molecular formula is C16H26N4O4S2. The lowest BCUT2D eigenvalue weighted by molar-refractivity contribution is -0.149. The number of ether oxygens (including phenoxy) is 1. The van der Waals surface area contributed by atoms with Crippen LogP contribution in [-0.4, -0.2) is 64.8 Å². The van der Waals surface area contributed by atoms with E-state index in [4.69, 9.17) is 17.0 Å². The molecule has 2 aliphatic heterocycles. The van der Waals surface area contributed by atoms with Crippen molar-refractivity contribution in [1.82, 2.24) is 19.2 Å². The fraction of sp³-hybridized carbons (Fsp3) is 0.812. The SMILES string of the molecule is CCOC(=O)C1CCN(Cn2nc([C@H]3CCS(=O)(=O)C3)n(C)c2=S)CC1. The van der Waals surface area contributed by atoms with Crippen LogP contribution in [-0.2, 0) is 33.1 Å². The Bertz CT molecular complexity index is 822. The smallest absolute Gasteiger partial charge is 0.309 e. The summed E-state index contributed by atoms with van der Waals surface area (Å²) in [4.78, 5) is 14.1. The average molecular weight is 403 g/mol. The van der Waals surface area contributed by atoms with E-state index in [1.54, 1.807) is 4.68 Å². The van der Waals surface area contributed by atoms with Gasteiger partial charge < -0.3 is 9.30 Å². The summed E-state index contributed by atoms with van der Waals surface area (Å²) in [5.41, 5.74) is 0. The van der Waals surface area contributed by atoms with Crippen molar-refractivity contribution < 1.29 is 17.9 Å². The molecule has 0 spiro atoms. The van der Waals surface area contributed by atoms with Crippen molar-refractivity contribution in [3.63, 3.8) is 0 Å². The van der Waals surface area contributed by atoms with E-state index in [1.807, 2.05) is 18.5 Å². The zero-order chi connectivity index (χ0) is 18.9. The Labute approximate surface area is 159 Å². The highest BCUT2D eigenvalue weighted by atomic mass is 32.2. The van der Waals surface area contributed by atoms with Crippen LogP contribution in [0.15, 0.2) is 0 Å². The van der Waals surface area contributed by atoms with Crippen molar-refractivity contribution in [3.05, 3.63) is 10.6 Å². The van der Waals surface area contributed by atoms with E-state index in [-0.39, 0.29) is 29.3 Å². The maximum Gasteiger partial charge on any atom is 0.309 e. The minimum absolute atomic E-state index is 0.0258. The lowest BCUT2D eigenvalue weighted by Crippen LogP contribution is -2.38. The molecule has 0 amide bonds. The van der Waals surface area contributed by atoms with E-state index in [2.05, 4.69) is 10.00 Å². The zero-order valence-corrected chi connectivity index (χ0v) is 16.9. The molecule has 2 aliphatic rings. The molecule has 146 valence electrons. The van der Waals surface area contributed by atoms with Gasteiger partial charge in [-0.3, -0.25) is 9.69 Å². The summed E-state index contributed by atoms with van der Waals surface area (Å²) in [5, 5.41) is 4.61. The number of hydrogen-bond acceptors (Lipinski definition) is 7. The summed E-state index contributed by atoms with van der Waals surface area (Å²) >= 11 is 5.49. The lowest BCUT2D eigenvalue weighted by Gasteiger charge is -2.30. The van der Waals surface area contributed by atoms with Gasteiger partial charge in [-0.2, -0.15) is 5.10 Å². The third-order valence-electron chi connectivity index (χ3n) is 5.21. The number of piperidine rings is 1. The van der Waals surface area contributed by atoms with Gasteiger partial charge in [-0.15, -0.1) is 0 Å². The molecular weight excluding hydrogens is 376 g/mol. The Morgan fingerprint density at radius 3 is 2.58 bits per heavy atom. The fourth-order valence-electron chi connectivity index (χ4n) is 3.71. The molecule has 1 aromatic heterocycles. The first-order chi connectivity index (χ1) is 12.3. The Balaban J connectivity index is 1.64. The summed E-state index contributed by atoms with van der Waals surface area (Å²) in [7, 11) is -1.11. The predicted molar refractivity (Wildman–Crippen MR) is 99.0 cm³/mol. The summed E-state index contributed by atoms with van der Waals surface area (Å²) in [6, 6.07) is 0. The minimum Gasteiger partial charge on any atom is -0.466 e. The van der Waals surface area contributed by atoms with Gasteiger partial charge in [0.15, 0.2) is 14.6 Å². The molecule has 0 saturated carbocycles. The molecule has 0 aliphatic carbocycles. The van der Waals surface area contributed by atoms with E-state index in [9.17, 15) is 13.2 Å². The summed E-state index contributed by atoms with van der Waals surface area (Å²) in [6.45, 7) is 4.37. The molecule has 0 unspecified atom stereocenters. The average Bonchev–Trinajstić information content (AvgIpc) is 3.09. The first kappa shape index (κ1) is 19.5. The number of esters is 1. The predicted octanol–water partition coefficient (Wildman–Crippen LogP) is 1.09. The highest BCUT2D eigenvalue weighted by Crippen LogP contribution is 2.28. The van der Waals surface area contributed by atoms with Gasteiger partial charge in [0.05, 0.1) is 30.7 Å². The number of carbonyl (C=O) groups excluding carboxylic acids is 1. The third kappa shape index (κ3) is 4.17. The molecule has 0 bridgehead atoms. The van der Waals surface area contributed by atoms with E-state index >= 15 is 0 Å². The van der Waals surface area contributed by atoms with Gasteiger partial charge in [0.25, 0.3) is 0 Å². The molecule has 26 heavy (non-hydrogen) atoms. The first-order valence-electron chi connectivity index (χ1n) is 9.04. The number of aromatic nitrogens is 3. The number of rotatable bonds is 5. The largest absolute Gasteiger partial charge is 0.466 e. The monoisotopic (exact) mass is 402 g/mol. The molecule has 0 aromatic carbocycles. The normalized spacial score (nSPS) is 24.0. The van der Waals surface area contributed by atoms with E-state index in [0.717, 1.165) is 31.8 Å². The maximum absolute atomic E-state index is 11.8. The topological polar surface area (TPSA) is 86.4 Å². The first-order valence-corrected chi connectivity index (χ1v) is 11.3. The fourth-order valence-corrected chi connectivity index (χ4v) is 5.64. The van der Waals surface area contributed by atoms with E-state index < -0.39 is 9.84 Å². The molecule has 2 saturated heterocycles. The lowest BCUT2D eigenvalue weighted by atomic mass is 9.97. The molecule has 8 nitrogen and oxygen atoms in total. The van der Waals surface area contributed by atoms with Crippen LogP contribution in [0.5, 0.6) is 0 Å². The van der Waals surface area contributed by atoms with Crippen molar-refractivity contribution in [2.24, 2.45) is 13.0 Å². The van der Waals surface area contributed by atoms with Crippen molar-refractivity contribution in [1.29, 1.82) is 0 Å². The van der Waals surface area contributed by atoms with Crippen LogP contribution in [0.3, 0.4) is 0 Å². The van der Waals surface area contributed by atoms with Crippen LogP contribution in [0.25, 0.3) is 0 Å². The molecule has 0 radical (unpaired) electrons. The molecule has 0 N–H and O–H groups in total. The number of likely N-dealkylation sites (tertiary alicyclic amines) is 1. The van der Waals surface area contributed by atoms with Gasteiger partial charge in [-0.05, 0) is 38.4 Å². The molecule has 2 fully saturated rings. The quantitative estimate of drug-likeness (QED) is 0.538. The summed E-state index contributed by atoms with van der Waals surface area (Å²) < 4.78 is 32.8. The van der Waals surface area contributed by atoms with Gasteiger partial charge in [0.2, 0.25) is 0 Å². The number of nitrogens with zero attached hydrogens (tertiary/aromatic N) is 4. The third-order valence-corrected chi connectivity index (χ3v) is 7.47. The van der Waals surface area contributed by atoms with Gasteiger partial charge in [-0.1, -0.05) is 0 Å². The Kier molecular flexibility index (Phi) is 5.83. The maximum atomic E-state index is 11.8. The number of hydrogen-bond donors (Lipinski definition) is 0. The van der Waals surface area contributed by atoms with Crippen molar-refractivity contribution in [3.8, 4) is 0 Å². The highest BCUT2D eigenvalue weighted by Gasteiger charge is 2.33. The van der Waals surface area contributed by atoms with E-state index in [1.165, 1.54) is 0 Å². The molecule has 3 rings (SSSR count). The summed E-state index contributed by atoms with van der Waals surface area (Å²) in [6.07, 6.45) is 2.15. The Morgan fingerprint density at radius 1 is 1.31 bits per heavy atom. The van der Waals surface area contributed by atoms with Crippen LogP contribution in [0.4, 0.5) is 0 Å². The molecule has 3 heterocycles. The van der Waals surface area contributed by atoms with Crippen LogP contribution in [0.2, 0.25) is 0 Å². The zero-order valence-electron chi connectivity index (χ0n) is 15.3. The number of sulfone groups is 1. The molecule has 1 atom stereocenters. The van der Waals surface area contributed by atoms with Crippen LogP contribution >= 0.6 is 12.2 Å². The van der Waals surface area contributed by atoms with Crippen molar-refractivity contribution >= 4 is 28.0 Å². The van der Waals surface area contributed by atoms with Crippen molar-refractivity contribution in [2.45, 2.75) is 38.8 Å². The van der Waals surface area contributed by atoms with Gasteiger partial charge in [-0.25, -0.2) is 13.1 Å².